The van der Waals surface area contributed by atoms with E-state index in [1.54, 1.807) is 6.20 Å². The van der Waals surface area contributed by atoms with Crippen LogP contribution >= 0.6 is 0 Å². The minimum atomic E-state index is -0.0491. The number of fused-ring (bicyclic) bond motifs is 3. The molecule has 1 amide bonds. The van der Waals surface area contributed by atoms with Gasteiger partial charge in [-0.2, -0.15) is 0 Å². The Labute approximate surface area is 188 Å². The number of hydrogen-bond donors (Lipinski definition) is 3. The van der Waals surface area contributed by atoms with Crippen molar-refractivity contribution in [3.8, 4) is 11.3 Å². The second kappa shape index (κ2) is 8.96. The molecular formula is C25H28N6O. The fourth-order valence-corrected chi connectivity index (χ4v) is 4.51. The zero-order valence-electron chi connectivity index (χ0n) is 18.1. The number of hydrogen-bond acceptors (Lipinski definition) is 6. The Bertz CT molecular complexity index is 1140. The summed E-state index contributed by atoms with van der Waals surface area (Å²) in [6.07, 6.45) is 6.77. The van der Waals surface area contributed by atoms with Crippen molar-refractivity contribution in [2.75, 3.05) is 36.0 Å². The van der Waals surface area contributed by atoms with E-state index >= 15 is 0 Å². The van der Waals surface area contributed by atoms with E-state index in [1.165, 1.54) is 31.5 Å². The average Bonchev–Trinajstić information content (AvgIpc) is 3.25. The molecular weight excluding hydrogens is 400 g/mol. The predicted octanol–water partition coefficient (Wildman–Crippen LogP) is 3.99. The highest BCUT2D eigenvalue weighted by Crippen LogP contribution is 2.34. The number of likely N-dealkylation sites (tertiary alicyclic amines) is 1. The molecule has 1 saturated heterocycles. The molecule has 0 saturated carbocycles. The van der Waals surface area contributed by atoms with Gasteiger partial charge in [-0.15, -0.1) is 0 Å². The van der Waals surface area contributed by atoms with Gasteiger partial charge in [-0.1, -0.05) is 12.1 Å². The van der Waals surface area contributed by atoms with Gasteiger partial charge in [0.25, 0.3) is 0 Å². The third-order valence-corrected chi connectivity index (χ3v) is 6.11. The number of rotatable bonds is 6. The smallest absolute Gasteiger partial charge is 0.228 e. The maximum Gasteiger partial charge on any atom is 0.228 e. The largest absolute Gasteiger partial charge is 0.399 e. The molecule has 3 heterocycles. The van der Waals surface area contributed by atoms with Crippen LogP contribution in [0.15, 0.2) is 48.7 Å². The number of anilines is 4. The highest BCUT2D eigenvalue weighted by Gasteiger charge is 2.21. The van der Waals surface area contributed by atoms with E-state index in [1.807, 2.05) is 30.3 Å². The van der Waals surface area contributed by atoms with Crippen LogP contribution in [0.2, 0.25) is 0 Å². The second-order valence-corrected chi connectivity index (χ2v) is 8.58. The van der Waals surface area contributed by atoms with Crippen LogP contribution in [0.3, 0.4) is 0 Å². The molecule has 2 aromatic carbocycles. The summed E-state index contributed by atoms with van der Waals surface area (Å²) in [6.45, 7) is 3.59. The zero-order valence-corrected chi connectivity index (χ0v) is 18.1. The normalized spacial score (nSPS) is 15.6. The minimum absolute atomic E-state index is 0.0491. The highest BCUT2D eigenvalue weighted by molar-refractivity contribution is 6.00. The molecule has 0 atom stereocenters. The van der Waals surface area contributed by atoms with E-state index in [0.29, 0.717) is 11.6 Å². The molecule has 2 aliphatic rings. The van der Waals surface area contributed by atoms with Crippen molar-refractivity contribution in [2.24, 2.45) is 0 Å². The van der Waals surface area contributed by atoms with Gasteiger partial charge in [0.1, 0.15) is 0 Å². The Balaban J connectivity index is 1.42. The van der Waals surface area contributed by atoms with E-state index in [0.717, 1.165) is 47.6 Å². The van der Waals surface area contributed by atoms with Crippen LogP contribution < -0.4 is 16.4 Å². The Morgan fingerprint density at radius 3 is 2.84 bits per heavy atom. The molecule has 0 unspecified atom stereocenters. The number of nitrogens with two attached hydrogens (primary N) is 1. The Morgan fingerprint density at radius 1 is 1.12 bits per heavy atom. The minimum Gasteiger partial charge on any atom is -0.399 e. The molecule has 7 nitrogen and oxygen atoms in total. The molecule has 164 valence electrons. The van der Waals surface area contributed by atoms with Gasteiger partial charge in [0.15, 0.2) is 0 Å². The predicted molar refractivity (Wildman–Crippen MR) is 128 cm³/mol. The number of aromatic nitrogens is 2. The summed E-state index contributed by atoms with van der Waals surface area (Å²) >= 11 is 0. The maximum atomic E-state index is 12.4. The molecule has 7 heteroatoms. The Hall–Kier alpha value is -3.45. The van der Waals surface area contributed by atoms with Crippen LogP contribution in [0, 0.1) is 0 Å². The van der Waals surface area contributed by atoms with Crippen LogP contribution in [0.5, 0.6) is 0 Å². The van der Waals surface area contributed by atoms with Gasteiger partial charge in [-0.3, -0.25) is 4.79 Å². The van der Waals surface area contributed by atoms with Gasteiger partial charge in [-0.25, -0.2) is 9.97 Å². The molecule has 0 radical (unpaired) electrons. The van der Waals surface area contributed by atoms with Gasteiger partial charge in [0.2, 0.25) is 11.9 Å². The van der Waals surface area contributed by atoms with Crippen molar-refractivity contribution in [3.05, 3.63) is 59.8 Å². The van der Waals surface area contributed by atoms with Gasteiger partial charge in [0, 0.05) is 28.7 Å². The van der Waals surface area contributed by atoms with E-state index < -0.39 is 0 Å². The highest BCUT2D eigenvalue weighted by atomic mass is 16.1. The fourth-order valence-electron chi connectivity index (χ4n) is 4.51. The molecule has 3 aromatic rings. The first-order valence-corrected chi connectivity index (χ1v) is 11.3. The number of aryl methyl sites for hydroxylation is 1. The number of nitrogen functional groups attached to an aromatic ring is 1. The SMILES string of the molecule is Nc1cccc(Nc2ncc3c(n2)-c2cc(CCCN4CCCC4)ccc2NC(=O)C3)c1. The Morgan fingerprint density at radius 2 is 2.00 bits per heavy atom. The van der Waals surface area contributed by atoms with Crippen molar-refractivity contribution >= 4 is 28.9 Å². The summed E-state index contributed by atoms with van der Waals surface area (Å²) in [4.78, 5) is 24.2. The summed E-state index contributed by atoms with van der Waals surface area (Å²) in [7, 11) is 0. The zero-order chi connectivity index (χ0) is 21.9. The van der Waals surface area contributed by atoms with Gasteiger partial charge in [-0.05, 0) is 81.2 Å². The molecule has 1 aromatic heterocycles. The maximum absolute atomic E-state index is 12.4. The summed E-state index contributed by atoms with van der Waals surface area (Å²) < 4.78 is 0. The van der Waals surface area contributed by atoms with Crippen LogP contribution in [-0.4, -0.2) is 40.4 Å². The molecule has 4 N–H and O–H groups in total. The number of nitrogens with one attached hydrogen (secondary N) is 2. The van der Waals surface area contributed by atoms with Crippen LogP contribution in [0.4, 0.5) is 23.0 Å². The van der Waals surface area contributed by atoms with Crippen LogP contribution in [0.25, 0.3) is 11.3 Å². The molecule has 32 heavy (non-hydrogen) atoms. The third-order valence-electron chi connectivity index (χ3n) is 6.11. The number of nitrogens with zero attached hydrogens (tertiary/aromatic N) is 3. The monoisotopic (exact) mass is 428 g/mol. The number of carbonyl (C=O) groups is 1. The van der Waals surface area contributed by atoms with Gasteiger partial charge < -0.3 is 21.3 Å². The summed E-state index contributed by atoms with van der Waals surface area (Å²) in [5.41, 5.74) is 12.0. The topological polar surface area (TPSA) is 96.2 Å². The fraction of sp³-hybridized carbons (Fsp3) is 0.320. The van der Waals surface area contributed by atoms with E-state index in [4.69, 9.17) is 10.7 Å². The van der Waals surface area contributed by atoms with Gasteiger partial charge >= 0.3 is 0 Å². The summed E-state index contributed by atoms with van der Waals surface area (Å²) in [6, 6.07) is 13.8. The number of benzene rings is 2. The lowest BCUT2D eigenvalue weighted by atomic mass is 10.00. The van der Waals surface area contributed by atoms with Crippen molar-refractivity contribution in [2.45, 2.75) is 32.1 Å². The molecule has 0 bridgehead atoms. The summed E-state index contributed by atoms with van der Waals surface area (Å²) in [5, 5.41) is 6.25. The van der Waals surface area contributed by atoms with Crippen molar-refractivity contribution in [3.63, 3.8) is 0 Å². The first kappa shape index (κ1) is 20.5. The van der Waals surface area contributed by atoms with Crippen LogP contribution in [0.1, 0.15) is 30.4 Å². The van der Waals surface area contributed by atoms with E-state index in [2.05, 4.69) is 32.7 Å². The number of carbonyl (C=O) groups excluding carboxylic acids is 1. The lowest BCUT2D eigenvalue weighted by Gasteiger charge is -2.15. The molecule has 5 rings (SSSR count). The Kier molecular flexibility index (Phi) is 5.73. The van der Waals surface area contributed by atoms with Crippen molar-refractivity contribution < 1.29 is 4.79 Å². The average molecular weight is 429 g/mol. The van der Waals surface area contributed by atoms with Crippen molar-refractivity contribution in [1.29, 1.82) is 0 Å². The first-order chi connectivity index (χ1) is 15.6. The molecule has 0 aliphatic carbocycles. The quantitative estimate of drug-likeness (QED) is 0.514. The van der Waals surface area contributed by atoms with E-state index in [-0.39, 0.29) is 12.3 Å². The standard InChI is InChI=1S/C25H28N6O/c26-19-6-3-7-20(15-19)28-25-27-16-18-14-23(32)29-22-9-8-17(13-21(22)24(18)30-25)5-4-12-31-10-1-2-11-31/h3,6-9,13,15-16H,1-2,4-5,10-12,14,26H2,(H,29,32)(H,27,28,30). The molecule has 2 aliphatic heterocycles. The first-order valence-electron chi connectivity index (χ1n) is 11.3. The van der Waals surface area contributed by atoms with E-state index in [9.17, 15) is 4.79 Å². The molecule has 1 fully saturated rings. The van der Waals surface area contributed by atoms with Crippen LogP contribution in [-0.2, 0) is 17.6 Å². The lowest BCUT2D eigenvalue weighted by Crippen LogP contribution is -2.20. The number of amides is 1. The molecule has 0 spiro atoms. The summed E-state index contributed by atoms with van der Waals surface area (Å²) in [5.74, 6) is 0.431. The lowest BCUT2D eigenvalue weighted by molar-refractivity contribution is -0.115. The van der Waals surface area contributed by atoms with Crippen molar-refractivity contribution in [1.82, 2.24) is 14.9 Å². The van der Waals surface area contributed by atoms with Gasteiger partial charge in [0.05, 0.1) is 17.8 Å². The third kappa shape index (κ3) is 4.57. The second-order valence-electron chi connectivity index (χ2n) is 8.58.